The number of rotatable bonds is 21. The van der Waals surface area contributed by atoms with Crippen LogP contribution in [0.25, 0.3) is 10.9 Å². The van der Waals surface area contributed by atoms with E-state index in [1.54, 1.807) is 30.5 Å². The van der Waals surface area contributed by atoms with E-state index in [2.05, 4.69) is 36.9 Å². The van der Waals surface area contributed by atoms with Crippen molar-refractivity contribution in [3.63, 3.8) is 0 Å². The third-order valence-electron chi connectivity index (χ3n) is 7.22. The van der Waals surface area contributed by atoms with Gasteiger partial charge in [-0.3, -0.25) is 28.8 Å². The number of unbranched alkanes of at least 4 members (excludes halogenated alkanes) is 1. The van der Waals surface area contributed by atoms with Crippen LogP contribution in [0, 0.1) is 0 Å². The Morgan fingerprint density at radius 2 is 1.31 bits per heavy atom. The number of H-pyrrole nitrogens is 1. The number of benzene rings is 1. The lowest BCUT2D eigenvalue weighted by Gasteiger charge is -2.23. The van der Waals surface area contributed by atoms with Gasteiger partial charge in [0.2, 0.25) is 35.4 Å². The smallest absolute Gasteiger partial charge is 0.326 e. The number of amides is 6. The average molecular weight is 692 g/mol. The van der Waals surface area contributed by atoms with Crippen molar-refractivity contribution in [3.05, 3.63) is 36.0 Å². The van der Waals surface area contributed by atoms with Crippen LogP contribution in [0.5, 0.6) is 0 Å². The molecule has 0 unspecified atom stereocenters. The average Bonchev–Trinajstić information content (AvgIpc) is 3.48. The molecule has 0 aliphatic heterocycles. The van der Waals surface area contributed by atoms with Crippen molar-refractivity contribution >= 4 is 52.3 Å². The molecule has 1 aromatic carbocycles. The van der Waals surface area contributed by atoms with Gasteiger partial charge in [-0.25, -0.2) is 4.79 Å². The number of nitrogens with one attached hydrogen (secondary N) is 7. The summed E-state index contributed by atoms with van der Waals surface area (Å²) >= 11 is 0. The molecule has 1 aromatic heterocycles. The molecule has 0 aliphatic rings. The normalized spacial score (nSPS) is 14.0. The standard InChI is InChI=1S/C30H45N9O10/c1-16(32)26(44)39-23(15-41)29(47)38-21(10-17-11-33-19-7-3-2-6-18(17)19)27(45)34-13-25(43)37-22(14-40)28(46)35-12-24(42)36-20(30(48)49)8-4-5-9-31/h2-3,6-7,11,16,20-23,33,40-41H,4-5,8-10,12-15,31-32H2,1H3,(H,34,45)(H,35,46)(H,36,42)(H,37,43)(H,38,47)(H,39,44)(H,48,49)/t16-,20-,21-,22-,23-/m0/s1. The molecule has 5 atom stereocenters. The van der Waals surface area contributed by atoms with Crippen LogP contribution in [0.2, 0.25) is 0 Å². The Morgan fingerprint density at radius 3 is 1.88 bits per heavy atom. The summed E-state index contributed by atoms with van der Waals surface area (Å²) in [5.41, 5.74) is 12.3. The zero-order chi connectivity index (χ0) is 36.5. The Morgan fingerprint density at radius 1 is 0.755 bits per heavy atom. The van der Waals surface area contributed by atoms with Crippen molar-refractivity contribution in [2.75, 3.05) is 32.8 Å². The van der Waals surface area contributed by atoms with E-state index >= 15 is 0 Å². The molecule has 49 heavy (non-hydrogen) atoms. The van der Waals surface area contributed by atoms with Gasteiger partial charge in [-0.15, -0.1) is 0 Å². The number of aromatic nitrogens is 1. The van der Waals surface area contributed by atoms with Gasteiger partial charge < -0.3 is 63.7 Å². The first-order chi connectivity index (χ1) is 23.3. The van der Waals surface area contributed by atoms with Gasteiger partial charge in [0, 0.05) is 23.5 Å². The van der Waals surface area contributed by atoms with Crippen LogP contribution < -0.4 is 43.4 Å². The van der Waals surface area contributed by atoms with Gasteiger partial charge in [0.1, 0.15) is 24.2 Å². The fourth-order valence-electron chi connectivity index (χ4n) is 4.52. The number of aromatic amines is 1. The maximum absolute atomic E-state index is 13.3. The van der Waals surface area contributed by atoms with E-state index in [9.17, 15) is 48.9 Å². The number of aliphatic carboxylic acids is 1. The van der Waals surface area contributed by atoms with Crippen molar-refractivity contribution in [2.24, 2.45) is 11.5 Å². The van der Waals surface area contributed by atoms with E-state index in [0.29, 0.717) is 24.9 Å². The number of fused-ring (bicyclic) bond motifs is 1. The summed E-state index contributed by atoms with van der Waals surface area (Å²) in [6.45, 7) is -1.27. The van der Waals surface area contributed by atoms with Crippen molar-refractivity contribution in [1.29, 1.82) is 0 Å². The van der Waals surface area contributed by atoms with Crippen LogP contribution in [0.3, 0.4) is 0 Å². The third kappa shape index (κ3) is 13.1. The SMILES string of the molecule is C[C@H](N)C(=O)N[C@@H](CO)C(=O)N[C@@H](Cc1c[nH]c2ccccc12)C(=O)NCC(=O)N[C@@H](CO)C(=O)NCC(=O)N[C@@H](CCCCN)C(=O)O. The Balaban J connectivity index is 2.02. The molecule has 1 heterocycles. The highest BCUT2D eigenvalue weighted by Crippen LogP contribution is 2.19. The second-order valence-electron chi connectivity index (χ2n) is 11.1. The van der Waals surface area contributed by atoms with Gasteiger partial charge in [-0.05, 0) is 44.4 Å². The van der Waals surface area contributed by atoms with Crippen molar-refractivity contribution < 1.29 is 48.9 Å². The molecule has 19 heteroatoms. The summed E-state index contributed by atoms with van der Waals surface area (Å²) in [6.07, 6.45) is 2.72. The van der Waals surface area contributed by atoms with Gasteiger partial charge in [-0.1, -0.05) is 18.2 Å². The molecule has 6 amide bonds. The molecule has 0 aliphatic carbocycles. The number of hydrogen-bond donors (Lipinski definition) is 12. The summed E-state index contributed by atoms with van der Waals surface area (Å²) in [7, 11) is 0. The Kier molecular flexibility index (Phi) is 16.6. The molecule has 14 N–H and O–H groups in total. The van der Waals surface area contributed by atoms with E-state index in [1.807, 2.05) is 0 Å². The van der Waals surface area contributed by atoms with Crippen LogP contribution in [0.1, 0.15) is 31.7 Å². The van der Waals surface area contributed by atoms with E-state index in [-0.39, 0.29) is 12.8 Å². The summed E-state index contributed by atoms with van der Waals surface area (Å²) in [4.78, 5) is 90.0. The van der Waals surface area contributed by atoms with Crippen LogP contribution in [-0.4, -0.2) is 125 Å². The van der Waals surface area contributed by atoms with Gasteiger partial charge >= 0.3 is 5.97 Å². The number of carboxylic acid groups (broad SMARTS) is 1. The van der Waals surface area contributed by atoms with Crippen molar-refractivity contribution in [2.45, 2.75) is 62.8 Å². The number of nitrogens with two attached hydrogens (primary N) is 2. The third-order valence-corrected chi connectivity index (χ3v) is 7.22. The molecular formula is C30H45N9O10. The molecule has 19 nitrogen and oxygen atoms in total. The van der Waals surface area contributed by atoms with Crippen LogP contribution in [0.15, 0.2) is 30.5 Å². The summed E-state index contributed by atoms with van der Waals surface area (Å²) in [5, 5.41) is 43.2. The minimum absolute atomic E-state index is 0.0674. The van der Waals surface area contributed by atoms with E-state index in [1.165, 1.54) is 6.92 Å². The number of carbonyl (C=O) groups is 7. The molecule has 0 saturated heterocycles. The largest absolute Gasteiger partial charge is 0.480 e. The lowest BCUT2D eigenvalue weighted by atomic mass is 10.0. The quantitative estimate of drug-likeness (QED) is 0.0551. The summed E-state index contributed by atoms with van der Waals surface area (Å²) in [6, 6.07) is 0.739. The lowest BCUT2D eigenvalue weighted by Crippen LogP contribution is -2.58. The van der Waals surface area contributed by atoms with Crippen LogP contribution in [0.4, 0.5) is 0 Å². The minimum atomic E-state index is -1.53. The first-order valence-electron chi connectivity index (χ1n) is 15.5. The van der Waals surface area contributed by atoms with Gasteiger partial charge in [0.25, 0.3) is 0 Å². The highest BCUT2D eigenvalue weighted by molar-refractivity contribution is 5.96. The number of para-hydroxylation sites is 1. The molecule has 0 radical (unpaired) electrons. The van der Waals surface area contributed by atoms with Gasteiger partial charge in [0.05, 0.1) is 32.3 Å². The molecule has 2 rings (SSSR count). The Bertz CT molecular complexity index is 1460. The first kappa shape index (κ1) is 40.1. The van der Waals surface area contributed by atoms with Gasteiger partial charge in [0.15, 0.2) is 0 Å². The number of aliphatic hydroxyl groups excluding tert-OH is 2. The zero-order valence-corrected chi connectivity index (χ0v) is 27.0. The molecule has 270 valence electrons. The molecule has 0 fully saturated rings. The van der Waals surface area contributed by atoms with E-state index in [0.717, 1.165) is 10.9 Å². The van der Waals surface area contributed by atoms with Crippen molar-refractivity contribution in [3.8, 4) is 0 Å². The van der Waals surface area contributed by atoms with E-state index < -0.39 is 97.9 Å². The second kappa shape index (κ2) is 20.3. The number of carbonyl (C=O) groups excluding carboxylic acids is 6. The van der Waals surface area contributed by atoms with Crippen molar-refractivity contribution in [1.82, 2.24) is 36.9 Å². The van der Waals surface area contributed by atoms with Crippen LogP contribution >= 0.6 is 0 Å². The molecule has 2 aromatic rings. The Hall–Kier alpha value is -5.11. The molecular weight excluding hydrogens is 646 g/mol. The number of hydrogen-bond acceptors (Lipinski definition) is 11. The minimum Gasteiger partial charge on any atom is -0.480 e. The fourth-order valence-corrected chi connectivity index (χ4v) is 4.52. The maximum Gasteiger partial charge on any atom is 0.326 e. The summed E-state index contributed by atoms with van der Waals surface area (Å²) < 4.78 is 0. The predicted octanol–water partition coefficient (Wildman–Crippen LogP) is -4.57. The van der Waals surface area contributed by atoms with E-state index in [4.69, 9.17) is 11.5 Å². The fraction of sp³-hybridized carbons (Fsp3) is 0.500. The maximum atomic E-state index is 13.3. The number of carboxylic acids is 1. The molecule has 0 saturated carbocycles. The monoisotopic (exact) mass is 691 g/mol. The molecule has 0 spiro atoms. The predicted molar refractivity (Wildman–Crippen MR) is 174 cm³/mol. The Labute approximate surface area is 281 Å². The summed E-state index contributed by atoms with van der Waals surface area (Å²) in [5.74, 6) is -6.38. The number of aliphatic hydroxyl groups is 2. The zero-order valence-electron chi connectivity index (χ0n) is 27.0. The highest BCUT2D eigenvalue weighted by atomic mass is 16.4. The second-order valence-corrected chi connectivity index (χ2v) is 11.1. The first-order valence-corrected chi connectivity index (χ1v) is 15.5. The highest BCUT2D eigenvalue weighted by Gasteiger charge is 2.29. The molecule has 0 bridgehead atoms. The van der Waals surface area contributed by atoms with Gasteiger partial charge in [-0.2, -0.15) is 0 Å². The van der Waals surface area contributed by atoms with Crippen LogP contribution in [-0.2, 0) is 40.0 Å². The topological polar surface area (TPSA) is 320 Å². The lowest BCUT2D eigenvalue weighted by molar-refractivity contribution is -0.142.